The molecule has 0 saturated carbocycles. The van der Waals surface area contributed by atoms with E-state index in [0.717, 1.165) is 63.7 Å². The van der Waals surface area contributed by atoms with Crippen molar-refractivity contribution < 1.29 is 28.6 Å². The van der Waals surface area contributed by atoms with Crippen LogP contribution in [0.5, 0.6) is 0 Å². The van der Waals surface area contributed by atoms with Crippen LogP contribution in [0.1, 0.15) is 342 Å². The lowest BCUT2D eigenvalue weighted by molar-refractivity contribution is -0.167. The van der Waals surface area contributed by atoms with Crippen molar-refractivity contribution >= 4 is 17.9 Å². The summed E-state index contributed by atoms with van der Waals surface area (Å²) in [5.41, 5.74) is 0. The number of carbonyl (C=O) groups is 3. The Kier molecular flexibility index (Phi) is 53.0. The normalized spacial score (nSPS) is 12.4. The zero-order valence-electron chi connectivity index (χ0n) is 45.2. The summed E-state index contributed by atoms with van der Waals surface area (Å²) in [4.78, 5) is 38.2. The first-order valence-corrected chi connectivity index (χ1v) is 29.9. The molecule has 0 heterocycles. The molecule has 0 rings (SSSR count). The van der Waals surface area contributed by atoms with Crippen molar-refractivity contribution in [3.8, 4) is 0 Å². The highest BCUT2D eigenvalue weighted by Gasteiger charge is 2.19. The van der Waals surface area contributed by atoms with Crippen molar-refractivity contribution in [1.29, 1.82) is 0 Å². The maximum atomic E-state index is 12.9. The maximum Gasteiger partial charge on any atom is 0.306 e. The smallest absolute Gasteiger partial charge is 0.306 e. The first-order valence-electron chi connectivity index (χ1n) is 29.9. The highest BCUT2D eigenvalue weighted by Crippen LogP contribution is 2.19. The van der Waals surface area contributed by atoms with E-state index >= 15 is 0 Å². The molecule has 0 N–H and O–H groups in total. The summed E-state index contributed by atoms with van der Waals surface area (Å²) in [6, 6.07) is 0. The third kappa shape index (κ3) is 51.8. The molecule has 0 aromatic rings. The van der Waals surface area contributed by atoms with E-state index in [9.17, 15) is 14.4 Å². The molecule has 0 aliphatic rings. The van der Waals surface area contributed by atoms with Crippen molar-refractivity contribution in [2.75, 3.05) is 13.2 Å². The standard InChI is InChI=1S/C60H116O6/c1-5-8-10-12-14-16-18-20-22-23-24-25-27-29-31-37-41-45-49-53-60(63)66-57(55-65-59(62)52-48-44-40-36-33-32-34-38-42-46-50-56(4)7-3)54-64-58(61)51-47-43-39-35-30-28-26-21-19-17-15-13-11-9-6-2/h56-57H,5-55H2,1-4H3/t56?,57-/m1/s1. The van der Waals surface area contributed by atoms with Crippen molar-refractivity contribution in [2.45, 2.75) is 348 Å². The first-order chi connectivity index (χ1) is 32.4. The van der Waals surface area contributed by atoms with Crippen LogP contribution in [0, 0.1) is 5.92 Å². The first kappa shape index (κ1) is 64.4. The van der Waals surface area contributed by atoms with Gasteiger partial charge in [-0.3, -0.25) is 14.4 Å². The van der Waals surface area contributed by atoms with Gasteiger partial charge in [0, 0.05) is 19.3 Å². The summed E-state index contributed by atoms with van der Waals surface area (Å²) in [5.74, 6) is 0.0358. The molecule has 392 valence electrons. The van der Waals surface area contributed by atoms with Gasteiger partial charge in [0.15, 0.2) is 6.10 Å². The summed E-state index contributed by atoms with van der Waals surface area (Å²) >= 11 is 0. The second-order valence-corrected chi connectivity index (χ2v) is 20.9. The third-order valence-electron chi connectivity index (χ3n) is 14.2. The van der Waals surface area contributed by atoms with E-state index < -0.39 is 6.10 Å². The van der Waals surface area contributed by atoms with E-state index in [4.69, 9.17) is 14.2 Å². The van der Waals surface area contributed by atoms with Gasteiger partial charge in [-0.05, 0) is 25.2 Å². The molecule has 0 spiro atoms. The molecule has 0 fully saturated rings. The lowest BCUT2D eigenvalue weighted by Crippen LogP contribution is -2.30. The van der Waals surface area contributed by atoms with E-state index in [-0.39, 0.29) is 31.1 Å². The predicted octanol–water partition coefficient (Wildman–Crippen LogP) is 19.8. The molecule has 0 radical (unpaired) electrons. The van der Waals surface area contributed by atoms with Crippen LogP contribution < -0.4 is 0 Å². The van der Waals surface area contributed by atoms with Gasteiger partial charge in [-0.25, -0.2) is 0 Å². The Bertz CT molecular complexity index is 998. The minimum atomic E-state index is -0.762. The average Bonchev–Trinajstić information content (AvgIpc) is 3.32. The van der Waals surface area contributed by atoms with Crippen LogP contribution in [-0.2, 0) is 28.6 Å². The van der Waals surface area contributed by atoms with E-state index in [1.165, 1.54) is 238 Å². The van der Waals surface area contributed by atoms with Crippen LogP contribution in [0.2, 0.25) is 0 Å². The lowest BCUT2D eigenvalue weighted by Gasteiger charge is -2.18. The van der Waals surface area contributed by atoms with Gasteiger partial charge >= 0.3 is 17.9 Å². The SMILES string of the molecule is CCCCCCCCCCCCCCCCCCCCCC(=O)O[C@H](COC(=O)CCCCCCCCCCCCCCCCC)COC(=O)CCCCCCCCCCCCC(C)CC. The Labute approximate surface area is 412 Å². The second-order valence-electron chi connectivity index (χ2n) is 20.9. The van der Waals surface area contributed by atoms with E-state index in [1.807, 2.05) is 0 Å². The van der Waals surface area contributed by atoms with Crippen molar-refractivity contribution in [3.05, 3.63) is 0 Å². The highest BCUT2D eigenvalue weighted by atomic mass is 16.6. The highest BCUT2D eigenvalue weighted by molar-refractivity contribution is 5.71. The lowest BCUT2D eigenvalue weighted by atomic mass is 9.99. The number of rotatable bonds is 55. The molecule has 0 aromatic carbocycles. The van der Waals surface area contributed by atoms with Gasteiger partial charge < -0.3 is 14.2 Å². The van der Waals surface area contributed by atoms with Gasteiger partial charge in [0.05, 0.1) is 0 Å². The molecule has 0 aliphatic heterocycles. The summed E-state index contributed by atoms with van der Waals surface area (Å²) in [7, 11) is 0. The fourth-order valence-electron chi connectivity index (χ4n) is 9.25. The van der Waals surface area contributed by atoms with E-state index in [2.05, 4.69) is 27.7 Å². The molecule has 0 aromatic heterocycles. The minimum absolute atomic E-state index is 0.0619. The molecule has 6 heteroatoms. The zero-order chi connectivity index (χ0) is 48.1. The van der Waals surface area contributed by atoms with E-state index in [1.54, 1.807) is 0 Å². The maximum absolute atomic E-state index is 12.9. The molecular formula is C60H116O6. The number of esters is 3. The Hall–Kier alpha value is -1.59. The largest absolute Gasteiger partial charge is 0.462 e. The van der Waals surface area contributed by atoms with Crippen LogP contribution in [0.3, 0.4) is 0 Å². The Morgan fingerprint density at radius 3 is 0.788 bits per heavy atom. The Morgan fingerprint density at radius 2 is 0.530 bits per heavy atom. The summed E-state index contributed by atoms with van der Waals surface area (Å²) in [5, 5.41) is 0. The van der Waals surface area contributed by atoms with Crippen LogP contribution in [0.25, 0.3) is 0 Å². The van der Waals surface area contributed by atoms with Gasteiger partial charge in [-0.1, -0.05) is 304 Å². The summed E-state index contributed by atoms with van der Waals surface area (Å²) in [6.07, 6.45) is 59.5. The molecule has 66 heavy (non-hydrogen) atoms. The van der Waals surface area contributed by atoms with Gasteiger partial charge in [-0.15, -0.1) is 0 Å². The Balaban J connectivity index is 4.29. The molecule has 1 unspecified atom stereocenters. The third-order valence-corrected chi connectivity index (χ3v) is 14.2. The van der Waals surface area contributed by atoms with Gasteiger partial charge in [0.2, 0.25) is 0 Å². The number of hydrogen-bond acceptors (Lipinski definition) is 6. The van der Waals surface area contributed by atoms with Crippen molar-refractivity contribution in [2.24, 2.45) is 5.92 Å². The van der Waals surface area contributed by atoms with Crippen LogP contribution in [-0.4, -0.2) is 37.2 Å². The number of ether oxygens (including phenoxy) is 3. The monoisotopic (exact) mass is 933 g/mol. The molecule has 0 saturated heterocycles. The number of carbonyl (C=O) groups excluding carboxylic acids is 3. The second kappa shape index (κ2) is 54.4. The van der Waals surface area contributed by atoms with E-state index in [0.29, 0.717) is 19.3 Å². The zero-order valence-corrected chi connectivity index (χ0v) is 45.2. The molecule has 0 bridgehead atoms. The van der Waals surface area contributed by atoms with Crippen molar-refractivity contribution in [1.82, 2.24) is 0 Å². The van der Waals surface area contributed by atoms with Crippen LogP contribution in [0.4, 0.5) is 0 Å². The van der Waals surface area contributed by atoms with Gasteiger partial charge in [-0.2, -0.15) is 0 Å². The minimum Gasteiger partial charge on any atom is -0.462 e. The van der Waals surface area contributed by atoms with Gasteiger partial charge in [0.1, 0.15) is 13.2 Å². The quantitative estimate of drug-likeness (QED) is 0.0343. The van der Waals surface area contributed by atoms with Crippen LogP contribution >= 0.6 is 0 Å². The number of hydrogen-bond donors (Lipinski definition) is 0. The molecule has 6 nitrogen and oxygen atoms in total. The van der Waals surface area contributed by atoms with Crippen LogP contribution in [0.15, 0.2) is 0 Å². The van der Waals surface area contributed by atoms with Gasteiger partial charge in [0.25, 0.3) is 0 Å². The average molecular weight is 934 g/mol. The molecule has 0 aliphatic carbocycles. The molecule has 0 amide bonds. The molecule has 2 atom stereocenters. The Morgan fingerprint density at radius 1 is 0.303 bits per heavy atom. The topological polar surface area (TPSA) is 78.9 Å². The fraction of sp³-hybridized carbons (Fsp3) is 0.950. The summed E-state index contributed by atoms with van der Waals surface area (Å²) in [6.45, 7) is 9.09. The molecular weight excluding hydrogens is 817 g/mol. The number of unbranched alkanes of at least 4 members (excludes halogenated alkanes) is 41. The summed E-state index contributed by atoms with van der Waals surface area (Å²) < 4.78 is 16.9. The van der Waals surface area contributed by atoms with Crippen molar-refractivity contribution in [3.63, 3.8) is 0 Å². The fourth-order valence-corrected chi connectivity index (χ4v) is 9.25. The predicted molar refractivity (Wildman–Crippen MR) is 284 cm³/mol.